The van der Waals surface area contributed by atoms with Gasteiger partial charge in [-0.3, -0.25) is 0 Å². The molecular formula is C94H122N6O6Si2. The average Bonchev–Trinajstić information content (AvgIpc) is 0.753. The first-order valence-electron chi connectivity index (χ1n) is 40.0. The molecule has 13 rings (SSSR count). The fourth-order valence-corrected chi connectivity index (χ4v) is 26.3. The highest BCUT2D eigenvalue weighted by molar-refractivity contribution is 7.00. The molecule has 2 fully saturated rings. The fourth-order valence-electron chi connectivity index (χ4n) is 17.1. The van der Waals surface area contributed by atoms with Crippen LogP contribution in [0.25, 0.3) is 0 Å². The van der Waals surface area contributed by atoms with Gasteiger partial charge in [0.05, 0.1) is 37.4 Å². The molecule has 108 heavy (non-hydrogen) atoms. The molecule has 572 valence electrons. The van der Waals surface area contributed by atoms with Gasteiger partial charge in [-0.1, -0.05) is 294 Å². The maximum Gasteiger partial charge on any atom is 0.261 e. The van der Waals surface area contributed by atoms with Gasteiger partial charge in [-0.25, -0.2) is 9.98 Å². The lowest BCUT2D eigenvalue weighted by Gasteiger charge is -2.44. The number of ether oxygens (including phenoxy) is 2. The van der Waals surface area contributed by atoms with E-state index in [2.05, 4.69) is 315 Å². The number of hydrogen-bond donors (Lipinski definition) is 4. The first-order chi connectivity index (χ1) is 51.0. The second kappa shape index (κ2) is 30.6. The molecule has 0 amide bonds. The first-order valence-corrected chi connectivity index (χ1v) is 43.8. The smallest absolute Gasteiger partial charge is 0.261 e. The third-order valence-electron chi connectivity index (χ3n) is 23.5. The summed E-state index contributed by atoms with van der Waals surface area (Å²) in [6.45, 7) is 46.6. The Hall–Kier alpha value is -8.15. The van der Waals surface area contributed by atoms with E-state index in [4.69, 9.17) is 28.3 Å². The number of aromatic hydroxyl groups is 2. The molecule has 14 heteroatoms. The Balaban J connectivity index is 0.844. The quantitative estimate of drug-likeness (QED) is 0.0693. The summed E-state index contributed by atoms with van der Waals surface area (Å²) in [5, 5.41) is 39.2. The molecule has 5 aliphatic rings. The van der Waals surface area contributed by atoms with Crippen LogP contribution >= 0.6 is 0 Å². The van der Waals surface area contributed by atoms with Crippen molar-refractivity contribution in [2.45, 2.75) is 232 Å². The highest BCUT2D eigenvalue weighted by Crippen LogP contribution is 2.46. The SMILES string of the molecule is CC(C)(C)c1cc2c(O)c(c1)Cc1cc(C(C)(C)C)cc(c1OC[C@@H]1CCN3CC[C@@H](CO[Si](c4ccccc4)(c4ccccc4)C(C)(C)C)N=C3N1)Cc1cc(C(C)(C)C)cc(c1O)Cc1cc(C(C)(C)C)cc(c1OC[C@@H]1CCN3CC[C@@H](CO[Si](c4ccccc4)(c4ccccc4)C(C)(C)C)N=C3N1)C2. The van der Waals surface area contributed by atoms with Crippen LogP contribution < -0.4 is 40.9 Å². The maximum atomic E-state index is 13.3. The van der Waals surface area contributed by atoms with Crippen molar-refractivity contribution in [3.05, 3.63) is 237 Å². The minimum atomic E-state index is -2.79. The monoisotopic (exact) mass is 1490 g/mol. The molecule has 0 aromatic heterocycles. The minimum absolute atomic E-state index is 0.0261. The number of nitrogens with zero attached hydrogens (tertiary/aromatic N) is 4. The van der Waals surface area contributed by atoms with Crippen molar-refractivity contribution in [3.8, 4) is 23.0 Å². The van der Waals surface area contributed by atoms with E-state index >= 15 is 0 Å². The van der Waals surface area contributed by atoms with Crippen molar-refractivity contribution in [3.63, 3.8) is 0 Å². The molecule has 4 heterocycles. The molecule has 0 unspecified atom stereocenters. The zero-order valence-electron chi connectivity index (χ0n) is 68.1. The molecule has 4 atom stereocenters. The lowest BCUT2D eigenvalue weighted by molar-refractivity contribution is 0.206. The van der Waals surface area contributed by atoms with Crippen molar-refractivity contribution >= 4 is 49.3 Å². The van der Waals surface area contributed by atoms with E-state index in [1.165, 1.54) is 20.7 Å². The van der Waals surface area contributed by atoms with Gasteiger partial charge in [0.15, 0.2) is 11.9 Å². The van der Waals surface area contributed by atoms with E-state index in [0.717, 1.165) is 142 Å². The summed E-state index contributed by atoms with van der Waals surface area (Å²) in [6.07, 6.45) is 5.22. The Morgan fingerprint density at radius 1 is 0.352 bits per heavy atom. The van der Waals surface area contributed by atoms with Crippen LogP contribution in [0.2, 0.25) is 10.1 Å². The van der Waals surface area contributed by atoms with E-state index in [0.29, 0.717) is 52.1 Å². The number of rotatable bonds is 16. The number of benzene rings is 8. The summed E-state index contributed by atoms with van der Waals surface area (Å²) < 4.78 is 30.0. The Morgan fingerprint density at radius 2 is 0.602 bits per heavy atom. The Labute approximate surface area is 648 Å². The Bertz CT molecular complexity index is 4090. The molecule has 2 saturated heterocycles. The number of phenols is 2. The van der Waals surface area contributed by atoms with E-state index in [1.54, 1.807) is 0 Å². The normalized spacial score (nSPS) is 18.9. The van der Waals surface area contributed by atoms with Gasteiger partial charge in [0.2, 0.25) is 0 Å². The van der Waals surface area contributed by atoms with Crippen LogP contribution in [0.1, 0.15) is 217 Å². The van der Waals surface area contributed by atoms with Gasteiger partial charge < -0.3 is 49.0 Å². The van der Waals surface area contributed by atoms with Crippen LogP contribution in [0.3, 0.4) is 0 Å². The molecule has 8 aromatic carbocycles. The van der Waals surface area contributed by atoms with Crippen molar-refractivity contribution in [2.75, 3.05) is 52.6 Å². The van der Waals surface area contributed by atoms with Crippen molar-refractivity contribution < 1.29 is 28.5 Å². The second-order valence-electron chi connectivity index (χ2n) is 37.8. The lowest BCUT2D eigenvalue weighted by Crippen LogP contribution is -2.67. The summed E-state index contributed by atoms with van der Waals surface area (Å²) >= 11 is 0. The van der Waals surface area contributed by atoms with Gasteiger partial charge in [0, 0.05) is 51.9 Å². The van der Waals surface area contributed by atoms with Gasteiger partial charge in [0.1, 0.15) is 36.2 Å². The fraction of sp³-hybridized carbons (Fsp3) is 0.468. The number of fused-ring (bicyclic) bond motifs is 10. The van der Waals surface area contributed by atoms with Gasteiger partial charge in [-0.2, -0.15) is 0 Å². The Morgan fingerprint density at radius 3 is 0.852 bits per heavy atom. The molecule has 1 aliphatic carbocycles. The highest BCUT2D eigenvalue weighted by atomic mass is 28.4. The van der Waals surface area contributed by atoms with E-state index in [-0.39, 0.29) is 67.4 Å². The third-order valence-corrected chi connectivity index (χ3v) is 33.5. The zero-order valence-corrected chi connectivity index (χ0v) is 70.1. The van der Waals surface area contributed by atoms with Gasteiger partial charge in [0.25, 0.3) is 16.6 Å². The number of nitrogens with one attached hydrogen (secondary N) is 2. The third kappa shape index (κ3) is 16.5. The largest absolute Gasteiger partial charge is 0.507 e. The van der Waals surface area contributed by atoms with Crippen LogP contribution in [-0.4, -0.2) is 125 Å². The molecule has 4 N–H and O–H groups in total. The standard InChI is InChI=1S/C94H122N6O6Si2/c1-89(2,3)71-51-63-47-67-55-73(91(7,8)9)57-69(85(67)103-59-75-39-43-99-45-41-77(97-87(99)95-75)61-105-107(93(13,14)15,79-31-23-19-24-32-79)80-33-25-20-26-34-80)49-65-53-72(90(4,5)6)54-66(84(65)102)50-70-58-74(92(10,11)12)56-68(48-64(52-71)83(63)101)86(70)104-60-76-40-44-100-46-42-78(98-88(100)96-76)62-106-108(94(16,17)18,81-35-27-21-28-36-81)82-37-29-22-30-38-82/h19-38,51-58,75-78,101-102H,39-50,59-62H2,1-18H3,(H,95,97)(H,96,98)/t75-,76-,77-,78-/m0/s1. The number of aliphatic imine (C=N–C) groups is 2. The van der Waals surface area contributed by atoms with E-state index in [9.17, 15) is 10.2 Å². The predicted molar refractivity (Wildman–Crippen MR) is 451 cm³/mol. The summed E-state index contributed by atoms with van der Waals surface area (Å²) in [7, 11) is -5.59. The zero-order chi connectivity index (χ0) is 76.9. The summed E-state index contributed by atoms with van der Waals surface area (Å²) in [5.41, 5.74) is 10.9. The number of guanidine groups is 2. The summed E-state index contributed by atoms with van der Waals surface area (Å²) in [4.78, 5) is 15.8. The van der Waals surface area contributed by atoms with Crippen molar-refractivity contribution in [2.24, 2.45) is 9.98 Å². The van der Waals surface area contributed by atoms with Crippen LogP contribution in [0.15, 0.2) is 180 Å². The number of hydrogen-bond acceptors (Lipinski definition) is 12. The van der Waals surface area contributed by atoms with Gasteiger partial charge in [-0.15, -0.1) is 0 Å². The first kappa shape index (κ1) is 78.0. The summed E-state index contributed by atoms with van der Waals surface area (Å²) in [6, 6.07) is 61.7. The predicted octanol–water partition coefficient (Wildman–Crippen LogP) is 16.5. The molecule has 4 aliphatic heterocycles. The molecular weight excluding hydrogens is 1370 g/mol. The molecule has 12 nitrogen and oxygen atoms in total. The van der Waals surface area contributed by atoms with Crippen LogP contribution in [-0.2, 0) is 56.2 Å². The molecule has 0 saturated carbocycles. The number of phenolic OH excluding ortho intramolecular Hbond substituents is 2. The average molecular weight is 1490 g/mol. The van der Waals surface area contributed by atoms with Crippen LogP contribution in [0, 0.1) is 0 Å². The molecule has 0 spiro atoms. The van der Waals surface area contributed by atoms with Crippen LogP contribution in [0.5, 0.6) is 23.0 Å². The van der Waals surface area contributed by atoms with Gasteiger partial charge in [-0.05, 0) is 145 Å². The van der Waals surface area contributed by atoms with Crippen LogP contribution in [0.4, 0.5) is 0 Å². The topological polar surface area (TPSA) is 133 Å². The Kier molecular flexibility index (Phi) is 22.1. The van der Waals surface area contributed by atoms with Crippen molar-refractivity contribution in [1.82, 2.24) is 20.4 Å². The van der Waals surface area contributed by atoms with Crippen molar-refractivity contribution in [1.29, 1.82) is 0 Å². The highest BCUT2D eigenvalue weighted by Gasteiger charge is 2.52. The molecule has 8 aromatic rings. The maximum absolute atomic E-state index is 13.3. The summed E-state index contributed by atoms with van der Waals surface area (Å²) in [5.74, 6) is 3.96. The molecule has 8 bridgehead atoms. The lowest BCUT2D eigenvalue weighted by atomic mass is 9.79. The van der Waals surface area contributed by atoms with E-state index < -0.39 is 16.6 Å². The van der Waals surface area contributed by atoms with Gasteiger partial charge >= 0.3 is 0 Å². The minimum Gasteiger partial charge on any atom is -0.507 e. The van der Waals surface area contributed by atoms with E-state index in [1.807, 2.05) is 0 Å². The molecule has 0 radical (unpaired) electrons. The second-order valence-corrected chi connectivity index (χ2v) is 46.4.